The molecule has 0 radical (unpaired) electrons. The van der Waals surface area contributed by atoms with Crippen molar-refractivity contribution < 1.29 is 12.8 Å². The molecule has 0 unspecified atom stereocenters. The van der Waals surface area contributed by atoms with E-state index in [9.17, 15) is 8.42 Å². The standard InChI is InChI=1S/C15H18ClN3O3S2/c1-18(8-11-2-4-13(16)5-3-11)10-19-15(23)22-14(17-19)12-6-7-24(20,21)9-12/h2-5,12H,6-10H2,1H3/t12-/m1/s1. The van der Waals surface area contributed by atoms with Crippen LogP contribution in [0.5, 0.6) is 0 Å². The molecule has 1 aliphatic heterocycles. The van der Waals surface area contributed by atoms with Gasteiger partial charge in [0.05, 0.1) is 24.1 Å². The van der Waals surface area contributed by atoms with Crippen molar-refractivity contribution in [2.24, 2.45) is 0 Å². The minimum Gasteiger partial charge on any atom is -0.414 e. The monoisotopic (exact) mass is 387 g/mol. The van der Waals surface area contributed by atoms with Gasteiger partial charge in [0.15, 0.2) is 9.84 Å². The van der Waals surface area contributed by atoms with E-state index in [-0.39, 0.29) is 22.3 Å². The van der Waals surface area contributed by atoms with Gasteiger partial charge in [0, 0.05) is 11.6 Å². The highest BCUT2D eigenvalue weighted by Crippen LogP contribution is 2.27. The van der Waals surface area contributed by atoms with E-state index in [0.717, 1.165) is 5.56 Å². The molecule has 1 aliphatic rings. The molecular formula is C15H18ClN3O3S2. The summed E-state index contributed by atoms with van der Waals surface area (Å²) >= 11 is 11.1. The molecule has 0 saturated carbocycles. The van der Waals surface area contributed by atoms with Crippen molar-refractivity contribution >= 4 is 33.7 Å². The summed E-state index contributed by atoms with van der Waals surface area (Å²) in [6, 6.07) is 7.64. The van der Waals surface area contributed by atoms with Gasteiger partial charge in [-0.25, -0.2) is 13.1 Å². The van der Waals surface area contributed by atoms with E-state index >= 15 is 0 Å². The fourth-order valence-corrected chi connectivity index (χ4v) is 4.79. The van der Waals surface area contributed by atoms with Crippen molar-refractivity contribution in [1.82, 2.24) is 14.7 Å². The molecule has 0 bridgehead atoms. The summed E-state index contributed by atoms with van der Waals surface area (Å²) in [6.45, 7) is 1.17. The third kappa shape index (κ3) is 4.24. The molecule has 0 amide bonds. The zero-order chi connectivity index (χ0) is 17.3. The molecule has 130 valence electrons. The Kier molecular flexibility index (Phi) is 5.10. The first-order valence-electron chi connectivity index (χ1n) is 7.54. The maximum Gasteiger partial charge on any atom is 0.288 e. The Morgan fingerprint density at radius 3 is 2.75 bits per heavy atom. The summed E-state index contributed by atoms with van der Waals surface area (Å²) in [5.74, 6) is 0.493. The topological polar surface area (TPSA) is 68.3 Å². The first-order chi connectivity index (χ1) is 11.3. The van der Waals surface area contributed by atoms with Crippen LogP contribution in [-0.2, 0) is 23.1 Å². The maximum atomic E-state index is 11.6. The summed E-state index contributed by atoms with van der Waals surface area (Å²) in [6.07, 6.45) is 0.540. The Bertz CT molecular complexity index is 874. The lowest BCUT2D eigenvalue weighted by atomic mass is 10.1. The van der Waals surface area contributed by atoms with Gasteiger partial charge in [-0.3, -0.25) is 4.90 Å². The Hall–Kier alpha value is -1.22. The first-order valence-corrected chi connectivity index (χ1v) is 10.1. The van der Waals surface area contributed by atoms with Crippen LogP contribution in [0, 0.1) is 4.84 Å². The van der Waals surface area contributed by atoms with E-state index in [4.69, 9.17) is 28.2 Å². The van der Waals surface area contributed by atoms with Crippen LogP contribution < -0.4 is 0 Å². The lowest BCUT2D eigenvalue weighted by Crippen LogP contribution is -2.22. The second-order valence-electron chi connectivity index (χ2n) is 6.09. The van der Waals surface area contributed by atoms with Gasteiger partial charge in [0.2, 0.25) is 5.89 Å². The quantitative estimate of drug-likeness (QED) is 0.735. The average Bonchev–Trinajstić information content (AvgIpc) is 3.04. The fourth-order valence-electron chi connectivity index (χ4n) is 2.75. The van der Waals surface area contributed by atoms with Crippen molar-refractivity contribution in [1.29, 1.82) is 0 Å². The molecule has 9 heteroatoms. The van der Waals surface area contributed by atoms with Gasteiger partial charge in [0.1, 0.15) is 0 Å². The molecule has 1 aromatic heterocycles. The minimum atomic E-state index is -2.98. The molecule has 24 heavy (non-hydrogen) atoms. The van der Waals surface area contributed by atoms with Crippen LogP contribution in [-0.4, -0.2) is 41.7 Å². The average molecular weight is 388 g/mol. The number of rotatable bonds is 5. The largest absolute Gasteiger partial charge is 0.414 e. The number of hydrogen-bond donors (Lipinski definition) is 0. The third-order valence-corrected chi connectivity index (χ3v) is 6.26. The van der Waals surface area contributed by atoms with Crippen molar-refractivity contribution in [3.63, 3.8) is 0 Å². The maximum absolute atomic E-state index is 11.6. The van der Waals surface area contributed by atoms with E-state index in [1.807, 2.05) is 36.2 Å². The van der Waals surface area contributed by atoms with E-state index < -0.39 is 9.84 Å². The number of halogens is 1. The first kappa shape index (κ1) is 17.6. The highest BCUT2D eigenvalue weighted by atomic mass is 35.5. The van der Waals surface area contributed by atoms with Crippen LogP contribution in [0.2, 0.25) is 5.02 Å². The molecule has 0 aliphatic carbocycles. The Labute approximate surface area is 150 Å². The summed E-state index contributed by atoms with van der Waals surface area (Å²) in [5, 5.41) is 5.08. The van der Waals surface area contributed by atoms with Gasteiger partial charge in [-0.05, 0) is 43.4 Å². The Morgan fingerprint density at radius 2 is 2.12 bits per heavy atom. The Balaban J connectivity index is 1.67. The van der Waals surface area contributed by atoms with E-state index in [1.165, 1.54) is 0 Å². The Morgan fingerprint density at radius 1 is 1.42 bits per heavy atom. The molecule has 6 nitrogen and oxygen atoms in total. The summed E-state index contributed by atoms with van der Waals surface area (Å²) in [7, 11) is -1.03. The normalized spacial score (nSPS) is 19.9. The lowest BCUT2D eigenvalue weighted by Gasteiger charge is -2.16. The van der Waals surface area contributed by atoms with Crippen LogP contribution in [0.15, 0.2) is 28.7 Å². The fraction of sp³-hybridized carbons (Fsp3) is 0.467. The van der Waals surface area contributed by atoms with Crippen molar-refractivity contribution in [3.8, 4) is 0 Å². The number of aromatic nitrogens is 2. The van der Waals surface area contributed by atoms with Crippen molar-refractivity contribution in [2.45, 2.75) is 25.6 Å². The van der Waals surface area contributed by atoms with Crippen LogP contribution >= 0.6 is 23.8 Å². The summed E-state index contributed by atoms with van der Waals surface area (Å²) in [5.41, 5.74) is 1.12. The van der Waals surface area contributed by atoms with Gasteiger partial charge in [-0.2, -0.15) is 0 Å². The van der Waals surface area contributed by atoms with Gasteiger partial charge in [0.25, 0.3) is 4.84 Å². The van der Waals surface area contributed by atoms with Crippen molar-refractivity contribution in [3.05, 3.63) is 45.6 Å². The molecule has 2 aromatic rings. The highest BCUT2D eigenvalue weighted by Gasteiger charge is 2.32. The van der Waals surface area contributed by atoms with Crippen LogP contribution in [0.1, 0.15) is 23.8 Å². The van der Waals surface area contributed by atoms with Crippen LogP contribution in [0.25, 0.3) is 0 Å². The summed E-state index contributed by atoms with van der Waals surface area (Å²) < 4.78 is 30.3. The molecule has 0 spiro atoms. The SMILES string of the molecule is CN(Cc1ccc(Cl)cc1)Cn1nc([C@@H]2CCS(=O)(=O)C2)oc1=S. The number of benzene rings is 1. The van der Waals surface area contributed by atoms with Gasteiger partial charge >= 0.3 is 0 Å². The zero-order valence-corrected chi connectivity index (χ0v) is 15.6. The van der Waals surface area contributed by atoms with Gasteiger partial charge in [-0.15, -0.1) is 5.10 Å². The van der Waals surface area contributed by atoms with Gasteiger partial charge < -0.3 is 4.42 Å². The number of sulfone groups is 1. The molecule has 2 heterocycles. The molecule has 1 fully saturated rings. The second kappa shape index (κ2) is 6.95. The van der Waals surface area contributed by atoms with Crippen LogP contribution in [0.4, 0.5) is 0 Å². The molecular weight excluding hydrogens is 370 g/mol. The van der Waals surface area contributed by atoms with E-state index in [1.54, 1.807) is 4.68 Å². The molecule has 3 rings (SSSR count). The third-order valence-electron chi connectivity index (χ3n) is 3.94. The summed E-state index contributed by atoms with van der Waals surface area (Å²) in [4.78, 5) is 2.30. The van der Waals surface area contributed by atoms with E-state index in [0.29, 0.717) is 30.5 Å². The molecule has 0 N–H and O–H groups in total. The lowest BCUT2D eigenvalue weighted by molar-refractivity contribution is 0.240. The smallest absolute Gasteiger partial charge is 0.288 e. The predicted molar refractivity (Wildman–Crippen MR) is 94.3 cm³/mol. The van der Waals surface area contributed by atoms with Crippen LogP contribution in [0.3, 0.4) is 0 Å². The number of nitrogens with zero attached hydrogens (tertiary/aromatic N) is 3. The minimum absolute atomic E-state index is 0.0862. The predicted octanol–water partition coefficient (Wildman–Crippen LogP) is 2.85. The second-order valence-corrected chi connectivity index (χ2v) is 9.10. The van der Waals surface area contributed by atoms with Gasteiger partial charge in [-0.1, -0.05) is 23.7 Å². The van der Waals surface area contributed by atoms with Crippen molar-refractivity contribution in [2.75, 3.05) is 18.6 Å². The highest BCUT2D eigenvalue weighted by molar-refractivity contribution is 7.91. The van der Waals surface area contributed by atoms with E-state index in [2.05, 4.69) is 5.10 Å². The molecule has 1 aromatic carbocycles. The molecule has 1 saturated heterocycles. The number of hydrogen-bond acceptors (Lipinski definition) is 6. The molecule has 1 atom stereocenters. The zero-order valence-electron chi connectivity index (χ0n) is 13.2.